The topological polar surface area (TPSA) is 55.2 Å². The van der Waals surface area contributed by atoms with Crippen LogP contribution in [0.2, 0.25) is 0 Å². The molecule has 1 fully saturated rings. The van der Waals surface area contributed by atoms with Crippen LogP contribution in [0.5, 0.6) is 0 Å². The zero-order chi connectivity index (χ0) is 14.2. The summed E-state index contributed by atoms with van der Waals surface area (Å²) < 4.78 is 28.0. The third-order valence-electron chi connectivity index (χ3n) is 3.66. The van der Waals surface area contributed by atoms with Crippen LogP contribution in [0.25, 0.3) is 0 Å². The summed E-state index contributed by atoms with van der Waals surface area (Å²) in [7, 11) is -1.87. The molecule has 0 amide bonds. The number of halogens is 1. The van der Waals surface area contributed by atoms with Crippen LogP contribution in [-0.4, -0.2) is 41.2 Å². The van der Waals surface area contributed by atoms with Crippen molar-refractivity contribution in [1.82, 2.24) is 13.9 Å². The molecule has 1 aromatic rings. The first-order valence-corrected chi connectivity index (χ1v) is 8.36. The quantitative estimate of drug-likeness (QED) is 0.780. The van der Waals surface area contributed by atoms with Crippen molar-refractivity contribution >= 4 is 21.6 Å². The summed E-state index contributed by atoms with van der Waals surface area (Å²) >= 11 is 5.92. The van der Waals surface area contributed by atoms with E-state index in [9.17, 15) is 8.42 Å². The molecule has 1 heterocycles. The molecular weight excluding hydrogens is 286 g/mol. The van der Waals surface area contributed by atoms with Crippen molar-refractivity contribution in [2.24, 2.45) is 5.92 Å². The Kier molecular flexibility index (Phi) is 4.23. The number of hydrogen-bond acceptors (Lipinski definition) is 3. The molecule has 0 saturated heterocycles. The summed E-state index contributed by atoms with van der Waals surface area (Å²) in [4.78, 5) is 4.15. The predicted octanol–water partition coefficient (Wildman–Crippen LogP) is 1.85. The predicted molar refractivity (Wildman–Crippen MR) is 74.8 cm³/mol. The van der Waals surface area contributed by atoms with E-state index in [0.29, 0.717) is 19.0 Å². The summed E-state index contributed by atoms with van der Waals surface area (Å²) in [6, 6.07) is 0. The van der Waals surface area contributed by atoms with Crippen LogP contribution in [0.4, 0.5) is 0 Å². The van der Waals surface area contributed by atoms with E-state index in [1.54, 1.807) is 13.2 Å². The smallest absolute Gasteiger partial charge is 0.261 e. The zero-order valence-electron chi connectivity index (χ0n) is 11.5. The van der Waals surface area contributed by atoms with Gasteiger partial charge in [-0.2, -0.15) is 4.31 Å². The molecular formula is C12H20ClN3O2S. The molecule has 1 saturated carbocycles. The fourth-order valence-corrected chi connectivity index (χ4v) is 4.09. The van der Waals surface area contributed by atoms with Gasteiger partial charge in [0, 0.05) is 31.7 Å². The summed E-state index contributed by atoms with van der Waals surface area (Å²) in [5.74, 6) is 1.09. The maximum atomic E-state index is 12.4. The van der Waals surface area contributed by atoms with Crippen LogP contribution in [0.1, 0.15) is 25.6 Å². The van der Waals surface area contributed by atoms with E-state index in [0.717, 1.165) is 18.7 Å². The fraction of sp³-hybridized carbons (Fsp3) is 0.750. The maximum absolute atomic E-state index is 12.4. The second-order valence-corrected chi connectivity index (χ2v) is 7.74. The van der Waals surface area contributed by atoms with Gasteiger partial charge in [-0.05, 0) is 32.6 Å². The highest BCUT2D eigenvalue weighted by Crippen LogP contribution is 2.33. The van der Waals surface area contributed by atoms with E-state index < -0.39 is 10.0 Å². The average Bonchev–Trinajstić information content (AvgIpc) is 2.69. The highest BCUT2D eigenvalue weighted by atomic mass is 35.5. The first-order chi connectivity index (χ1) is 8.84. The Hall–Kier alpha value is -0.590. The van der Waals surface area contributed by atoms with E-state index in [2.05, 4.69) is 4.98 Å². The summed E-state index contributed by atoms with van der Waals surface area (Å²) in [5, 5.41) is 0.346. The monoisotopic (exact) mass is 305 g/mol. The van der Waals surface area contributed by atoms with Crippen LogP contribution >= 0.6 is 11.6 Å². The molecule has 2 rings (SSSR count). The van der Waals surface area contributed by atoms with Crippen molar-refractivity contribution in [2.45, 2.75) is 43.6 Å². The Morgan fingerprint density at radius 2 is 2.16 bits per heavy atom. The second-order valence-electron chi connectivity index (χ2n) is 5.13. The van der Waals surface area contributed by atoms with E-state index in [-0.39, 0.29) is 10.4 Å². The van der Waals surface area contributed by atoms with Gasteiger partial charge in [-0.15, -0.1) is 11.6 Å². The number of aryl methyl sites for hydroxylation is 2. The van der Waals surface area contributed by atoms with Crippen LogP contribution in [0.15, 0.2) is 11.2 Å². The molecule has 0 aliphatic heterocycles. The molecule has 0 spiro atoms. The second kappa shape index (κ2) is 5.42. The van der Waals surface area contributed by atoms with Crippen molar-refractivity contribution in [3.63, 3.8) is 0 Å². The van der Waals surface area contributed by atoms with Gasteiger partial charge in [0.15, 0.2) is 5.03 Å². The Morgan fingerprint density at radius 3 is 2.63 bits per heavy atom. The highest BCUT2D eigenvalue weighted by Gasteiger charge is 2.32. The molecule has 0 unspecified atom stereocenters. The molecule has 0 radical (unpaired) electrons. The Morgan fingerprint density at radius 1 is 1.53 bits per heavy atom. The normalized spacial score (nSPS) is 23.6. The number of nitrogens with zero attached hydrogens (tertiary/aromatic N) is 3. The zero-order valence-corrected chi connectivity index (χ0v) is 13.1. The van der Waals surface area contributed by atoms with Gasteiger partial charge < -0.3 is 4.57 Å². The van der Waals surface area contributed by atoms with Gasteiger partial charge in [-0.1, -0.05) is 0 Å². The summed E-state index contributed by atoms with van der Waals surface area (Å²) in [6.07, 6.45) is 3.39. The largest absolute Gasteiger partial charge is 0.334 e. The third kappa shape index (κ3) is 2.95. The standard InChI is InChI=1S/C12H20ClN3O2S/c1-4-16-8-12(14-9(16)2)19(17,18)15(3)7-10-5-11(13)6-10/h8,10-11H,4-7H2,1-3H3. The van der Waals surface area contributed by atoms with Crippen LogP contribution in [0.3, 0.4) is 0 Å². The molecule has 7 heteroatoms. The van der Waals surface area contributed by atoms with Crippen molar-refractivity contribution in [1.29, 1.82) is 0 Å². The number of alkyl halides is 1. The Labute approximate surface area is 119 Å². The van der Waals surface area contributed by atoms with Gasteiger partial charge in [0.1, 0.15) is 5.82 Å². The molecule has 0 aromatic carbocycles. The van der Waals surface area contributed by atoms with Crippen molar-refractivity contribution in [3.8, 4) is 0 Å². The van der Waals surface area contributed by atoms with Gasteiger partial charge in [-0.3, -0.25) is 0 Å². The number of hydrogen-bond donors (Lipinski definition) is 0. The van der Waals surface area contributed by atoms with Crippen molar-refractivity contribution < 1.29 is 8.42 Å². The Bertz CT molecular complexity index is 549. The summed E-state index contributed by atoms with van der Waals surface area (Å²) in [6.45, 7) is 5.01. The minimum Gasteiger partial charge on any atom is -0.334 e. The number of imidazole rings is 1. The van der Waals surface area contributed by atoms with Gasteiger partial charge >= 0.3 is 0 Å². The van der Waals surface area contributed by atoms with E-state index in [1.165, 1.54) is 4.31 Å². The number of aromatic nitrogens is 2. The average molecular weight is 306 g/mol. The molecule has 19 heavy (non-hydrogen) atoms. The first-order valence-electron chi connectivity index (χ1n) is 6.48. The van der Waals surface area contributed by atoms with Gasteiger partial charge in [0.2, 0.25) is 0 Å². The SMILES string of the molecule is CCn1cc(S(=O)(=O)N(C)CC2CC(Cl)C2)nc1C. The lowest BCUT2D eigenvalue weighted by Gasteiger charge is -2.33. The maximum Gasteiger partial charge on any atom is 0.261 e. The minimum absolute atomic E-state index is 0.135. The van der Waals surface area contributed by atoms with Crippen molar-refractivity contribution in [2.75, 3.05) is 13.6 Å². The van der Waals surface area contributed by atoms with E-state index in [4.69, 9.17) is 11.6 Å². The van der Waals surface area contributed by atoms with Crippen LogP contribution in [-0.2, 0) is 16.6 Å². The minimum atomic E-state index is -3.48. The van der Waals surface area contributed by atoms with Gasteiger partial charge in [0.05, 0.1) is 0 Å². The number of rotatable bonds is 5. The highest BCUT2D eigenvalue weighted by molar-refractivity contribution is 7.89. The van der Waals surface area contributed by atoms with Crippen LogP contribution in [0, 0.1) is 12.8 Å². The summed E-state index contributed by atoms with van der Waals surface area (Å²) in [5.41, 5.74) is 0. The molecule has 1 aliphatic rings. The van der Waals surface area contributed by atoms with E-state index >= 15 is 0 Å². The molecule has 0 atom stereocenters. The fourth-order valence-electron chi connectivity index (χ4n) is 2.35. The van der Waals surface area contributed by atoms with Gasteiger partial charge in [-0.25, -0.2) is 13.4 Å². The Balaban J connectivity index is 2.11. The van der Waals surface area contributed by atoms with Gasteiger partial charge in [0.25, 0.3) is 10.0 Å². The molecule has 1 aromatic heterocycles. The van der Waals surface area contributed by atoms with Crippen LogP contribution < -0.4 is 0 Å². The molecule has 0 N–H and O–H groups in total. The lowest BCUT2D eigenvalue weighted by molar-refractivity contribution is 0.268. The third-order valence-corrected chi connectivity index (χ3v) is 5.71. The number of sulfonamides is 1. The molecule has 108 valence electrons. The lowest BCUT2D eigenvalue weighted by Crippen LogP contribution is -2.38. The lowest BCUT2D eigenvalue weighted by atomic mass is 9.85. The van der Waals surface area contributed by atoms with Crippen molar-refractivity contribution in [3.05, 3.63) is 12.0 Å². The molecule has 1 aliphatic carbocycles. The first kappa shape index (κ1) is 14.8. The molecule has 0 bridgehead atoms. The molecule has 5 nitrogen and oxygen atoms in total. The van der Waals surface area contributed by atoms with E-state index in [1.807, 2.05) is 18.4 Å².